The van der Waals surface area contributed by atoms with E-state index in [0.29, 0.717) is 12.3 Å². The first-order valence-corrected chi connectivity index (χ1v) is 5.96. The first kappa shape index (κ1) is 9.35. The van der Waals surface area contributed by atoms with Gasteiger partial charge in [-0.1, -0.05) is 11.8 Å². The Morgan fingerprint density at radius 1 is 1.75 bits per heavy atom. The van der Waals surface area contributed by atoms with Crippen LogP contribution in [0.3, 0.4) is 0 Å². The Labute approximate surface area is 75.1 Å². The van der Waals surface area contributed by atoms with Crippen LogP contribution >= 0.6 is 11.8 Å². The van der Waals surface area contributed by atoms with Crippen LogP contribution < -0.4 is 0 Å². The zero-order valence-electron chi connectivity index (χ0n) is 6.39. The van der Waals surface area contributed by atoms with Gasteiger partial charge in [-0.05, 0) is 0 Å². The smallest absolute Gasteiger partial charge is 0.233 e. The summed E-state index contributed by atoms with van der Waals surface area (Å²) in [5.74, 6) is 0.660. The average molecular weight is 205 g/mol. The first-order valence-electron chi connectivity index (χ1n) is 3.13. The molecule has 1 fully saturated rings. The lowest BCUT2D eigenvalue weighted by atomic mass is 10.8. The number of amidine groups is 1. The van der Waals surface area contributed by atoms with Gasteiger partial charge in [0.15, 0.2) is 5.17 Å². The van der Waals surface area contributed by atoms with E-state index in [1.165, 1.54) is 11.8 Å². The lowest BCUT2D eigenvalue weighted by Gasteiger charge is -2.12. The van der Waals surface area contributed by atoms with Gasteiger partial charge >= 0.3 is 0 Å². The Morgan fingerprint density at radius 2 is 2.42 bits per heavy atom. The molecule has 1 saturated heterocycles. The highest BCUT2D eigenvalue weighted by Crippen LogP contribution is 2.20. The number of sulfonamides is 1. The zero-order chi connectivity index (χ0) is 9.19. The molecular weight excluding hydrogens is 198 g/mol. The van der Waals surface area contributed by atoms with Gasteiger partial charge in [0.25, 0.3) is 0 Å². The molecule has 0 bridgehead atoms. The number of rotatable bonds is 1. The first-order chi connectivity index (χ1) is 5.55. The minimum Gasteiger partial charge on any atom is -0.247 e. The summed E-state index contributed by atoms with van der Waals surface area (Å²) in [5, 5.41) is 8.52. The van der Waals surface area contributed by atoms with E-state index in [1.807, 2.05) is 0 Å². The molecule has 1 aliphatic rings. The number of thioether (sulfide) groups is 1. The van der Waals surface area contributed by atoms with Crippen LogP contribution in [0.25, 0.3) is 0 Å². The molecule has 0 spiro atoms. The van der Waals surface area contributed by atoms with Crippen LogP contribution in [0.2, 0.25) is 0 Å². The molecule has 7 heteroatoms. The Bertz CT molecular complexity index is 340. The highest BCUT2D eigenvalue weighted by atomic mass is 32.2. The number of hydrogen-bond donors (Lipinski definition) is 0. The summed E-state index contributed by atoms with van der Waals surface area (Å²) in [4.78, 5) is 3.40. The van der Waals surface area contributed by atoms with Crippen molar-refractivity contribution in [2.24, 2.45) is 4.99 Å². The second-order valence-corrected chi connectivity index (χ2v) is 5.15. The van der Waals surface area contributed by atoms with Gasteiger partial charge in [-0.2, -0.15) is 5.26 Å². The molecule has 0 atom stereocenters. The molecule has 0 aromatic carbocycles. The van der Waals surface area contributed by atoms with Gasteiger partial charge in [-0.3, -0.25) is 0 Å². The van der Waals surface area contributed by atoms with E-state index >= 15 is 0 Å². The maximum absolute atomic E-state index is 11.0. The van der Waals surface area contributed by atoms with E-state index in [0.717, 1.165) is 10.6 Å². The molecule has 0 unspecified atom stereocenters. The van der Waals surface area contributed by atoms with Crippen molar-refractivity contribution >= 4 is 27.0 Å². The highest BCUT2D eigenvalue weighted by molar-refractivity contribution is 8.15. The topological polar surface area (TPSA) is 73.5 Å². The molecule has 0 aliphatic carbocycles. The SMILES string of the molecule is CS(=O)(=O)N1CCSC1=NC#N. The molecule has 0 amide bonds. The Balaban J connectivity index is 2.95. The number of nitriles is 1. The molecule has 0 radical (unpaired) electrons. The molecule has 1 heterocycles. The Kier molecular flexibility index (Phi) is 2.59. The van der Waals surface area contributed by atoms with E-state index in [-0.39, 0.29) is 5.17 Å². The van der Waals surface area contributed by atoms with Crippen LogP contribution in [-0.4, -0.2) is 36.4 Å². The fraction of sp³-hybridized carbons (Fsp3) is 0.600. The van der Waals surface area contributed by atoms with E-state index < -0.39 is 10.0 Å². The van der Waals surface area contributed by atoms with Gasteiger partial charge in [0.2, 0.25) is 16.2 Å². The molecule has 1 rings (SSSR count). The minimum atomic E-state index is -3.24. The predicted molar refractivity (Wildman–Crippen MR) is 47.1 cm³/mol. The summed E-state index contributed by atoms with van der Waals surface area (Å²) in [7, 11) is -3.24. The third-order valence-corrected chi connectivity index (χ3v) is 3.51. The maximum Gasteiger partial charge on any atom is 0.233 e. The van der Waals surface area contributed by atoms with Crippen LogP contribution in [0.4, 0.5) is 0 Å². The van der Waals surface area contributed by atoms with Crippen molar-refractivity contribution in [2.45, 2.75) is 0 Å². The molecule has 12 heavy (non-hydrogen) atoms. The molecule has 5 nitrogen and oxygen atoms in total. The van der Waals surface area contributed by atoms with Crippen molar-refractivity contribution in [3.63, 3.8) is 0 Å². The Morgan fingerprint density at radius 3 is 2.92 bits per heavy atom. The van der Waals surface area contributed by atoms with Gasteiger partial charge in [0.05, 0.1) is 6.26 Å². The van der Waals surface area contributed by atoms with Crippen molar-refractivity contribution in [2.75, 3.05) is 18.6 Å². The van der Waals surface area contributed by atoms with Gasteiger partial charge in [0.1, 0.15) is 0 Å². The number of aliphatic imine (C=N–C) groups is 1. The van der Waals surface area contributed by atoms with Crippen molar-refractivity contribution in [1.29, 1.82) is 5.26 Å². The summed E-state index contributed by atoms with van der Waals surface area (Å²) in [6.45, 7) is 0.407. The average Bonchev–Trinajstić information content (AvgIpc) is 2.34. The van der Waals surface area contributed by atoms with Crippen molar-refractivity contribution in [3.8, 4) is 6.19 Å². The van der Waals surface area contributed by atoms with Gasteiger partial charge in [-0.15, -0.1) is 4.99 Å². The second-order valence-electron chi connectivity index (χ2n) is 2.18. The molecule has 0 N–H and O–H groups in total. The molecule has 0 saturated carbocycles. The standard InChI is InChI=1S/C5H7N3O2S2/c1-12(9,10)8-2-3-11-5(8)7-4-6/h2-3H2,1H3. The second kappa shape index (κ2) is 3.33. The molecule has 1 aliphatic heterocycles. The van der Waals surface area contributed by atoms with Crippen LogP contribution in [0.15, 0.2) is 4.99 Å². The normalized spacial score (nSPS) is 21.3. The summed E-state index contributed by atoms with van der Waals surface area (Å²) in [6, 6.07) is 0. The molecule has 66 valence electrons. The summed E-state index contributed by atoms with van der Waals surface area (Å²) >= 11 is 1.28. The quantitative estimate of drug-likeness (QED) is 0.557. The van der Waals surface area contributed by atoms with E-state index in [1.54, 1.807) is 6.19 Å². The summed E-state index contributed by atoms with van der Waals surface area (Å²) < 4.78 is 23.2. The third-order valence-electron chi connectivity index (χ3n) is 1.28. The minimum absolute atomic E-state index is 0.278. The van der Waals surface area contributed by atoms with Crippen LogP contribution in [0.5, 0.6) is 0 Å². The largest absolute Gasteiger partial charge is 0.247 e. The number of hydrogen-bond acceptors (Lipinski definition) is 5. The van der Waals surface area contributed by atoms with Crippen molar-refractivity contribution in [3.05, 3.63) is 0 Å². The lowest BCUT2D eigenvalue weighted by molar-refractivity contribution is 0.546. The zero-order valence-corrected chi connectivity index (χ0v) is 8.02. The fourth-order valence-electron chi connectivity index (χ4n) is 0.826. The number of nitrogens with zero attached hydrogens (tertiary/aromatic N) is 3. The van der Waals surface area contributed by atoms with Gasteiger partial charge in [-0.25, -0.2) is 12.7 Å². The third kappa shape index (κ3) is 1.89. The van der Waals surface area contributed by atoms with Crippen LogP contribution in [0.1, 0.15) is 0 Å². The summed E-state index contributed by atoms with van der Waals surface area (Å²) in [6.07, 6.45) is 2.68. The molecule has 0 aromatic heterocycles. The monoisotopic (exact) mass is 205 g/mol. The van der Waals surface area contributed by atoms with Crippen LogP contribution in [-0.2, 0) is 10.0 Å². The van der Waals surface area contributed by atoms with Crippen molar-refractivity contribution in [1.82, 2.24) is 4.31 Å². The Hall–Kier alpha value is -0.740. The van der Waals surface area contributed by atoms with E-state index in [4.69, 9.17) is 5.26 Å². The van der Waals surface area contributed by atoms with Crippen LogP contribution in [0, 0.1) is 11.5 Å². The molecule has 0 aromatic rings. The van der Waals surface area contributed by atoms with E-state index in [2.05, 4.69) is 4.99 Å². The molecular formula is C5H7N3O2S2. The predicted octanol–water partition coefficient (Wildman–Crippen LogP) is -0.168. The highest BCUT2D eigenvalue weighted by Gasteiger charge is 2.26. The lowest BCUT2D eigenvalue weighted by Crippen LogP contribution is -2.30. The fourth-order valence-corrected chi connectivity index (χ4v) is 3.05. The maximum atomic E-state index is 11.0. The van der Waals surface area contributed by atoms with Gasteiger partial charge < -0.3 is 0 Å². The van der Waals surface area contributed by atoms with Crippen molar-refractivity contribution < 1.29 is 8.42 Å². The van der Waals surface area contributed by atoms with Gasteiger partial charge in [0, 0.05) is 12.3 Å². The van der Waals surface area contributed by atoms with E-state index in [9.17, 15) is 8.42 Å². The summed E-state index contributed by atoms with van der Waals surface area (Å²) in [5.41, 5.74) is 0.